The van der Waals surface area contributed by atoms with Gasteiger partial charge in [-0.3, -0.25) is 0 Å². The zero-order valence-electron chi connectivity index (χ0n) is 8.64. The van der Waals surface area contributed by atoms with E-state index in [1.165, 1.54) is 31.2 Å². The van der Waals surface area contributed by atoms with Crippen LogP contribution in [0.5, 0.6) is 0 Å². The minimum absolute atomic E-state index is 0. The molecule has 0 radical (unpaired) electrons. The van der Waals surface area contributed by atoms with Crippen LogP contribution in [0.15, 0.2) is 18.2 Å². The fourth-order valence-corrected chi connectivity index (χ4v) is 2.11. The van der Waals surface area contributed by atoms with Crippen LogP contribution in [0.2, 0.25) is 0 Å². The predicted molar refractivity (Wildman–Crippen MR) is 63.9 cm³/mol. The molecule has 0 nitrogen and oxygen atoms in total. The van der Waals surface area contributed by atoms with Gasteiger partial charge in [0.05, 0.1) is 0 Å². The Morgan fingerprint density at radius 2 is 1.64 bits per heavy atom. The van der Waals surface area contributed by atoms with E-state index in [1.807, 2.05) is 0 Å². The molecule has 0 heterocycles. The molecule has 0 spiro atoms. The Hall–Kier alpha value is -0.780. The topological polar surface area (TPSA) is 0 Å². The van der Waals surface area contributed by atoms with Crippen molar-refractivity contribution in [2.75, 3.05) is 0 Å². The third-order valence-corrected chi connectivity index (χ3v) is 3.04. The Labute approximate surface area is 88.4 Å². The highest BCUT2D eigenvalue weighted by Crippen LogP contribution is 2.25. The van der Waals surface area contributed by atoms with Crippen LogP contribution >= 0.6 is 0 Å². The van der Waals surface area contributed by atoms with Gasteiger partial charge in [0.2, 0.25) is 0 Å². The van der Waals surface area contributed by atoms with Gasteiger partial charge >= 0.3 is 0 Å². The molecule has 0 aliphatic heterocycles. The maximum atomic E-state index is 2.42. The first kappa shape index (κ1) is 11.3. The molecule has 0 saturated heterocycles. The zero-order chi connectivity index (χ0) is 9.26. The van der Waals surface area contributed by atoms with Gasteiger partial charge in [0.15, 0.2) is 0 Å². The van der Waals surface area contributed by atoms with Crippen LogP contribution < -0.4 is 0 Å². The van der Waals surface area contributed by atoms with E-state index in [0.717, 1.165) is 0 Å². The van der Waals surface area contributed by atoms with E-state index in [-0.39, 0.29) is 7.43 Å². The summed E-state index contributed by atoms with van der Waals surface area (Å²) in [7, 11) is 0. The molecule has 0 heteroatoms. The van der Waals surface area contributed by atoms with Crippen molar-refractivity contribution in [3.8, 4) is 0 Å². The fourth-order valence-electron chi connectivity index (χ4n) is 2.11. The molecule has 14 heavy (non-hydrogen) atoms. The summed E-state index contributed by atoms with van der Waals surface area (Å²) in [5.74, 6) is 0.673. The Morgan fingerprint density at radius 3 is 2.29 bits per heavy atom. The van der Waals surface area contributed by atoms with Gasteiger partial charge in [-0.2, -0.15) is 0 Å². The summed E-state index contributed by atoms with van der Waals surface area (Å²) in [4.78, 5) is 0. The van der Waals surface area contributed by atoms with E-state index in [0.29, 0.717) is 5.92 Å². The molecule has 1 aromatic carbocycles. The lowest BCUT2D eigenvalue weighted by molar-refractivity contribution is 0.682. The average Bonchev–Trinajstić information content (AvgIpc) is 2.17. The summed E-state index contributed by atoms with van der Waals surface area (Å²) < 4.78 is 0. The Bertz CT molecular complexity index is 297. The molecule has 2 rings (SSSR count). The van der Waals surface area contributed by atoms with Gasteiger partial charge in [0, 0.05) is 0 Å². The lowest BCUT2D eigenvalue weighted by Crippen LogP contribution is -2.03. The van der Waals surface area contributed by atoms with Gasteiger partial charge in [-0.1, -0.05) is 39.5 Å². The highest BCUT2D eigenvalue weighted by Gasteiger charge is 2.10. The van der Waals surface area contributed by atoms with E-state index < -0.39 is 0 Å². The summed E-state index contributed by atoms with van der Waals surface area (Å²) >= 11 is 0. The van der Waals surface area contributed by atoms with Crippen LogP contribution in [-0.2, 0) is 12.8 Å². The smallest absolute Gasteiger partial charge is 0.0219 e. The maximum Gasteiger partial charge on any atom is -0.0219 e. The quantitative estimate of drug-likeness (QED) is 0.618. The summed E-state index contributed by atoms with van der Waals surface area (Å²) in [5, 5.41) is 0. The van der Waals surface area contributed by atoms with Crippen molar-refractivity contribution in [1.29, 1.82) is 0 Å². The van der Waals surface area contributed by atoms with Gasteiger partial charge in [-0.05, 0) is 48.3 Å². The first-order valence-corrected chi connectivity index (χ1v) is 5.39. The van der Waals surface area contributed by atoms with E-state index in [9.17, 15) is 0 Å². The van der Waals surface area contributed by atoms with Gasteiger partial charge in [-0.25, -0.2) is 0 Å². The molecule has 78 valence electrons. The molecule has 0 fully saturated rings. The van der Waals surface area contributed by atoms with E-state index in [1.54, 1.807) is 11.1 Å². The van der Waals surface area contributed by atoms with Crippen LogP contribution in [0.3, 0.4) is 0 Å². The highest BCUT2D eigenvalue weighted by molar-refractivity contribution is 5.34. The van der Waals surface area contributed by atoms with E-state index in [4.69, 9.17) is 0 Å². The first-order chi connectivity index (χ1) is 6.27. The highest BCUT2D eigenvalue weighted by atomic mass is 14.1. The Kier molecular flexibility index (Phi) is 3.74. The Morgan fingerprint density at radius 1 is 1.00 bits per heavy atom. The molecule has 0 amide bonds. The second kappa shape index (κ2) is 4.63. The van der Waals surface area contributed by atoms with Crippen molar-refractivity contribution in [2.24, 2.45) is 0 Å². The SMILES string of the molecule is C.CC(C)c1ccc2c(c1)CCCC2. The normalized spacial score (nSPS) is 14.8. The third-order valence-electron chi connectivity index (χ3n) is 3.04. The molecule has 0 aromatic heterocycles. The number of aryl methyl sites for hydroxylation is 2. The minimum atomic E-state index is 0. The lowest BCUT2D eigenvalue weighted by Gasteiger charge is -2.17. The van der Waals surface area contributed by atoms with Gasteiger partial charge in [0.25, 0.3) is 0 Å². The molecule has 1 aliphatic carbocycles. The molecule has 1 aromatic rings. The summed E-state index contributed by atoms with van der Waals surface area (Å²) in [6, 6.07) is 7.05. The summed E-state index contributed by atoms with van der Waals surface area (Å²) in [5.41, 5.74) is 4.70. The number of hydrogen-bond acceptors (Lipinski definition) is 0. The summed E-state index contributed by atoms with van der Waals surface area (Å²) in [6.45, 7) is 4.54. The first-order valence-electron chi connectivity index (χ1n) is 5.39. The van der Waals surface area contributed by atoms with Crippen molar-refractivity contribution in [2.45, 2.75) is 52.9 Å². The van der Waals surface area contributed by atoms with Crippen LogP contribution in [0.1, 0.15) is 56.7 Å². The predicted octanol–water partition coefficient (Wildman–Crippen LogP) is 4.32. The van der Waals surface area contributed by atoms with E-state index in [2.05, 4.69) is 32.0 Å². The number of benzene rings is 1. The van der Waals surface area contributed by atoms with Crippen LogP contribution in [0.4, 0.5) is 0 Å². The Balaban J connectivity index is 0.000000980. The lowest BCUT2D eigenvalue weighted by atomic mass is 9.88. The van der Waals surface area contributed by atoms with Gasteiger partial charge in [-0.15, -0.1) is 0 Å². The van der Waals surface area contributed by atoms with Crippen LogP contribution in [0.25, 0.3) is 0 Å². The number of fused-ring (bicyclic) bond motifs is 1. The molecule has 0 N–H and O–H groups in total. The van der Waals surface area contributed by atoms with Gasteiger partial charge < -0.3 is 0 Å². The number of hydrogen-bond donors (Lipinski definition) is 0. The van der Waals surface area contributed by atoms with E-state index >= 15 is 0 Å². The molecule has 0 unspecified atom stereocenters. The molecular weight excluding hydrogens is 168 g/mol. The largest absolute Gasteiger partial charge is 0.0776 e. The standard InChI is InChI=1S/C13H18.CH4/c1-10(2)12-8-7-11-5-3-4-6-13(11)9-12;/h7-10H,3-6H2,1-2H3;1H4. The van der Waals surface area contributed by atoms with Crippen molar-refractivity contribution >= 4 is 0 Å². The fraction of sp³-hybridized carbons (Fsp3) is 0.571. The van der Waals surface area contributed by atoms with Crippen LogP contribution in [0, 0.1) is 0 Å². The van der Waals surface area contributed by atoms with Crippen molar-refractivity contribution < 1.29 is 0 Å². The third kappa shape index (κ3) is 2.17. The molecule has 0 bridgehead atoms. The number of rotatable bonds is 1. The maximum absolute atomic E-state index is 2.42. The second-order valence-corrected chi connectivity index (χ2v) is 4.39. The van der Waals surface area contributed by atoms with Crippen molar-refractivity contribution in [3.63, 3.8) is 0 Å². The van der Waals surface area contributed by atoms with Crippen LogP contribution in [-0.4, -0.2) is 0 Å². The monoisotopic (exact) mass is 190 g/mol. The molecule has 0 atom stereocenters. The molecule has 0 saturated carbocycles. The molecular formula is C14H22. The molecule has 1 aliphatic rings. The summed E-state index contributed by atoms with van der Waals surface area (Å²) in [6.07, 6.45) is 5.37. The van der Waals surface area contributed by atoms with Gasteiger partial charge in [0.1, 0.15) is 0 Å². The average molecular weight is 190 g/mol. The minimum Gasteiger partial charge on any atom is -0.0776 e. The van der Waals surface area contributed by atoms with Crippen molar-refractivity contribution in [1.82, 2.24) is 0 Å². The second-order valence-electron chi connectivity index (χ2n) is 4.39. The van der Waals surface area contributed by atoms with Crippen molar-refractivity contribution in [3.05, 3.63) is 34.9 Å². The zero-order valence-corrected chi connectivity index (χ0v) is 8.64.